The van der Waals surface area contributed by atoms with Crippen LogP contribution in [0.5, 0.6) is 5.75 Å². The summed E-state index contributed by atoms with van der Waals surface area (Å²) in [5.74, 6) is -0.820. The van der Waals surface area contributed by atoms with Gasteiger partial charge in [-0.2, -0.15) is 0 Å². The standard InChI is InChI=1S/C24H18F4N2O/c25-22-14-17(16-4-1-7-21(13-16)31-24(26,27)28)8-9-18(22)12-19-5-3-11-30-23(19)20-6-2-10-29-15-20/h1-2,4,6-10,12-15H,3,5,11H2/b19-12+. The first-order chi connectivity index (χ1) is 14.9. The molecule has 158 valence electrons. The molecule has 0 spiro atoms. The van der Waals surface area contributed by atoms with Gasteiger partial charge in [0.2, 0.25) is 0 Å². The zero-order valence-electron chi connectivity index (χ0n) is 16.4. The molecule has 0 fully saturated rings. The topological polar surface area (TPSA) is 34.5 Å². The molecular weight excluding hydrogens is 408 g/mol. The van der Waals surface area contributed by atoms with Crippen LogP contribution in [0.4, 0.5) is 17.6 Å². The molecule has 3 nitrogen and oxygen atoms in total. The minimum atomic E-state index is -4.78. The van der Waals surface area contributed by atoms with Crippen LogP contribution in [-0.4, -0.2) is 23.6 Å². The van der Waals surface area contributed by atoms with Crippen molar-refractivity contribution in [2.45, 2.75) is 19.2 Å². The molecule has 0 aliphatic carbocycles. The van der Waals surface area contributed by atoms with Crippen LogP contribution in [0.15, 0.2) is 77.6 Å². The van der Waals surface area contributed by atoms with E-state index >= 15 is 0 Å². The Morgan fingerprint density at radius 1 is 0.935 bits per heavy atom. The van der Waals surface area contributed by atoms with Gasteiger partial charge in [-0.25, -0.2) is 4.39 Å². The summed E-state index contributed by atoms with van der Waals surface area (Å²) in [6.07, 6.45) is 2.05. The summed E-state index contributed by atoms with van der Waals surface area (Å²) in [6, 6.07) is 13.8. The first-order valence-electron chi connectivity index (χ1n) is 9.70. The number of alkyl halides is 3. The quantitative estimate of drug-likeness (QED) is 0.449. The van der Waals surface area contributed by atoms with Crippen molar-refractivity contribution in [2.75, 3.05) is 6.54 Å². The van der Waals surface area contributed by atoms with E-state index in [1.807, 2.05) is 12.1 Å². The molecule has 0 radical (unpaired) electrons. The van der Waals surface area contributed by atoms with Crippen LogP contribution in [0.2, 0.25) is 0 Å². The van der Waals surface area contributed by atoms with Crippen LogP contribution in [0.1, 0.15) is 24.0 Å². The lowest BCUT2D eigenvalue weighted by atomic mass is 9.94. The number of hydrogen-bond acceptors (Lipinski definition) is 3. The van der Waals surface area contributed by atoms with Crippen molar-refractivity contribution in [1.82, 2.24) is 4.98 Å². The number of pyridine rings is 1. The lowest BCUT2D eigenvalue weighted by Gasteiger charge is -2.16. The number of allylic oxidation sites excluding steroid dienone is 1. The van der Waals surface area contributed by atoms with E-state index in [2.05, 4.69) is 14.7 Å². The van der Waals surface area contributed by atoms with Crippen LogP contribution in [0.25, 0.3) is 17.2 Å². The number of rotatable bonds is 4. The van der Waals surface area contributed by atoms with Gasteiger partial charge in [0.15, 0.2) is 0 Å². The molecule has 1 aliphatic rings. The third-order valence-electron chi connectivity index (χ3n) is 4.84. The average molecular weight is 426 g/mol. The third-order valence-corrected chi connectivity index (χ3v) is 4.84. The number of ether oxygens (including phenoxy) is 1. The summed E-state index contributed by atoms with van der Waals surface area (Å²) in [5, 5.41) is 0. The summed E-state index contributed by atoms with van der Waals surface area (Å²) in [6.45, 7) is 0.708. The van der Waals surface area contributed by atoms with Crippen molar-refractivity contribution in [2.24, 2.45) is 4.99 Å². The number of hydrogen-bond donors (Lipinski definition) is 0. The van der Waals surface area contributed by atoms with Crippen LogP contribution in [0.3, 0.4) is 0 Å². The predicted molar refractivity (Wildman–Crippen MR) is 111 cm³/mol. The SMILES string of the molecule is Fc1cc(-c2cccc(OC(F)(F)F)c2)ccc1/C=C1\CCCN=C1c1cccnc1. The second-order valence-electron chi connectivity index (χ2n) is 7.06. The van der Waals surface area contributed by atoms with Crippen LogP contribution >= 0.6 is 0 Å². The maximum absolute atomic E-state index is 14.9. The van der Waals surface area contributed by atoms with Gasteiger partial charge >= 0.3 is 6.36 Å². The molecule has 0 unspecified atom stereocenters. The van der Waals surface area contributed by atoms with Crippen LogP contribution in [-0.2, 0) is 0 Å². The van der Waals surface area contributed by atoms with E-state index in [9.17, 15) is 17.6 Å². The molecule has 4 rings (SSSR count). The first kappa shape index (κ1) is 20.8. The van der Waals surface area contributed by atoms with Crippen molar-refractivity contribution in [1.29, 1.82) is 0 Å². The van der Waals surface area contributed by atoms with Crippen molar-refractivity contribution in [3.8, 4) is 16.9 Å². The third kappa shape index (κ3) is 5.17. The molecule has 2 heterocycles. The highest BCUT2D eigenvalue weighted by atomic mass is 19.4. The van der Waals surface area contributed by atoms with Gasteiger partial charge in [0.25, 0.3) is 0 Å². The Balaban J connectivity index is 1.63. The molecule has 0 amide bonds. The van der Waals surface area contributed by atoms with Crippen molar-refractivity contribution >= 4 is 11.8 Å². The fourth-order valence-electron chi connectivity index (χ4n) is 3.48. The molecule has 1 aromatic heterocycles. The van der Waals surface area contributed by atoms with Crippen LogP contribution in [0, 0.1) is 5.82 Å². The molecule has 31 heavy (non-hydrogen) atoms. The van der Waals surface area contributed by atoms with Gasteiger partial charge in [0.1, 0.15) is 11.6 Å². The highest BCUT2D eigenvalue weighted by Crippen LogP contribution is 2.30. The number of aliphatic imine (C=N–C) groups is 1. The second kappa shape index (κ2) is 8.71. The van der Waals surface area contributed by atoms with E-state index in [-0.39, 0.29) is 5.75 Å². The maximum Gasteiger partial charge on any atom is 0.573 e. The molecule has 2 aromatic carbocycles. The summed E-state index contributed by atoms with van der Waals surface area (Å²) in [4.78, 5) is 8.72. The number of aromatic nitrogens is 1. The zero-order chi connectivity index (χ0) is 21.8. The van der Waals surface area contributed by atoms with Gasteiger partial charge in [-0.15, -0.1) is 13.2 Å². The first-order valence-corrected chi connectivity index (χ1v) is 9.70. The van der Waals surface area contributed by atoms with Gasteiger partial charge in [-0.1, -0.05) is 24.3 Å². The molecule has 0 saturated heterocycles. The van der Waals surface area contributed by atoms with E-state index in [4.69, 9.17) is 0 Å². The Bertz CT molecular complexity index is 1140. The molecule has 0 bridgehead atoms. The Hall–Kier alpha value is -3.48. The van der Waals surface area contributed by atoms with Crippen LogP contribution < -0.4 is 4.74 Å². The second-order valence-corrected chi connectivity index (χ2v) is 7.06. The van der Waals surface area contributed by atoms with Gasteiger partial charge in [0.05, 0.1) is 5.71 Å². The Kier molecular flexibility index (Phi) is 5.84. The van der Waals surface area contributed by atoms with Gasteiger partial charge in [-0.05, 0) is 65.9 Å². The zero-order valence-corrected chi connectivity index (χ0v) is 16.4. The minimum absolute atomic E-state index is 0.351. The van der Waals surface area contributed by atoms with E-state index in [1.165, 1.54) is 24.3 Å². The molecule has 0 saturated carbocycles. The van der Waals surface area contributed by atoms with E-state index in [1.54, 1.807) is 36.7 Å². The Morgan fingerprint density at radius 2 is 1.74 bits per heavy atom. The van der Waals surface area contributed by atoms with E-state index in [0.29, 0.717) is 23.2 Å². The summed E-state index contributed by atoms with van der Waals surface area (Å²) in [5.41, 5.74) is 3.88. The Morgan fingerprint density at radius 3 is 2.48 bits per heavy atom. The van der Waals surface area contributed by atoms with Crippen molar-refractivity contribution in [3.05, 3.63) is 89.5 Å². The smallest absolute Gasteiger partial charge is 0.406 e. The highest BCUT2D eigenvalue weighted by Gasteiger charge is 2.31. The summed E-state index contributed by atoms with van der Waals surface area (Å²) >= 11 is 0. The number of halogens is 4. The number of benzene rings is 2. The lowest BCUT2D eigenvalue weighted by molar-refractivity contribution is -0.274. The van der Waals surface area contributed by atoms with Gasteiger partial charge in [0, 0.05) is 30.1 Å². The maximum atomic E-state index is 14.9. The van der Waals surface area contributed by atoms with Crippen molar-refractivity contribution in [3.63, 3.8) is 0 Å². The minimum Gasteiger partial charge on any atom is -0.406 e. The van der Waals surface area contributed by atoms with E-state index in [0.717, 1.165) is 29.7 Å². The largest absolute Gasteiger partial charge is 0.573 e. The predicted octanol–water partition coefficient (Wildman–Crippen LogP) is 6.45. The highest BCUT2D eigenvalue weighted by molar-refractivity contribution is 6.15. The monoisotopic (exact) mass is 426 g/mol. The van der Waals surface area contributed by atoms with E-state index < -0.39 is 12.2 Å². The molecule has 3 aromatic rings. The van der Waals surface area contributed by atoms with Gasteiger partial charge < -0.3 is 4.74 Å². The summed E-state index contributed by atoms with van der Waals surface area (Å²) < 4.78 is 56.2. The molecule has 7 heteroatoms. The van der Waals surface area contributed by atoms with Gasteiger partial charge in [-0.3, -0.25) is 9.98 Å². The lowest BCUT2D eigenvalue weighted by Crippen LogP contribution is -2.17. The number of nitrogens with zero attached hydrogens (tertiary/aromatic N) is 2. The fourth-order valence-corrected chi connectivity index (χ4v) is 3.48. The molecule has 1 aliphatic heterocycles. The fraction of sp³-hybridized carbons (Fsp3) is 0.167. The summed E-state index contributed by atoms with van der Waals surface area (Å²) in [7, 11) is 0. The molecular formula is C24H18F4N2O. The Labute approximate surface area is 176 Å². The average Bonchev–Trinajstić information content (AvgIpc) is 2.75. The normalized spacial score (nSPS) is 15.6. The molecule has 0 atom stereocenters. The van der Waals surface area contributed by atoms with Crippen molar-refractivity contribution < 1.29 is 22.3 Å². The molecule has 0 N–H and O–H groups in total.